The predicted octanol–water partition coefficient (Wildman–Crippen LogP) is 3.27. The fourth-order valence-corrected chi connectivity index (χ4v) is 6.11. The Labute approximate surface area is 165 Å². The quantitative estimate of drug-likeness (QED) is 0.220. The zero-order valence-electron chi connectivity index (χ0n) is 11.0. The van der Waals surface area contributed by atoms with E-state index in [0.29, 0.717) is 18.4 Å². The SMILES string of the molecule is O=S(=O)(/N=C(\[O-])c1cc(I)cc(I)c1I)C1CCCCC1. The van der Waals surface area contributed by atoms with Gasteiger partial charge in [-0.1, -0.05) is 19.3 Å². The van der Waals surface area contributed by atoms with Crippen LogP contribution in [0.4, 0.5) is 0 Å². The second-order valence-electron chi connectivity index (χ2n) is 4.92. The lowest BCUT2D eigenvalue weighted by molar-refractivity contribution is -0.212. The Morgan fingerprint density at radius 2 is 1.76 bits per heavy atom. The maximum absolute atomic E-state index is 12.3. The average Bonchev–Trinajstić information content (AvgIpc) is 2.43. The van der Waals surface area contributed by atoms with Crippen LogP contribution in [0.2, 0.25) is 0 Å². The van der Waals surface area contributed by atoms with Crippen LogP contribution in [0.5, 0.6) is 0 Å². The maximum atomic E-state index is 12.3. The van der Waals surface area contributed by atoms with Gasteiger partial charge in [0.05, 0.1) is 5.25 Å². The highest BCUT2D eigenvalue weighted by molar-refractivity contribution is 14.1. The summed E-state index contributed by atoms with van der Waals surface area (Å²) in [5, 5.41) is 11.8. The standard InChI is InChI=1S/C13H14I3NO3S/c14-8-6-10(12(16)11(15)7-8)13(18)17-21(19,20)9-4-2-1-3-5-9/h6-7,9H,1-5H2,(H,17,18)/p-1. The summed E-state index contributed by atoms with van der Waals surface area (Å²) in [6.07, 6.45) is 4.08. The first-order valence-corrected chi connectivity index (χ1v) is 11.2. The molecular formula is C13H13I3NO3S-. The van der Waals surface area contributed by atoms with E-state index in [2.05, 4.69) is 72.2 Å². The summed E-state index contributed by atoms with van der Waals surface area (Å²) < 4.78 is 30.7. The molecule has 2 rings (SSSR count). The predicted molar refractivity (Wildman–Crippen MR) is 107 cm³/mol. The summed E-state index contributed by atoms with van der Waals surface area (Å²) in [4.78, 5) is 0. The molecule has 0 amide bonds. The van der Waals surface area contributed by atoms with Crippen molar-refractivity contribution in [3.63, 3.8) is 0 Å². The second-order valence-corrected chi connectivity index (χ2v) is 10.3. The molecule has 4 nitrogen and oxygen atoms in total. The molecule has 0 atom stereocenters. The van der Waals surface area contributed by atoms with Gasteiger partial charge in [-0.25, -0.2) is 8.42 Å². The van der Waals surface area contributed by atoms with Gasteiger partial charge in [-0.05, 0) is 92.7 Å². The van der Waals surface area contributed by atoms with Crippen LogP contribution in [0.3, 0.4) is 0 Å². The van der Waals surface area contributed by atoms with Crippen LogP contribution in [0, 0.1) is 10.7 Å². The van der Waals surface area contributed by atoms with E-state index in [1.807, 2.05) is 6.07 Å². The topological polar surface area (TPSA) is 69.6 Å². The van der Waals surface area contributed by atoms with E-state index in [9.17, 15) is 13.5 Å². The molecule has 0 radical (unpaired) electrons. The molecule has 116 valence electrons. The summed E-state index contributed by atoms with van der Waals surface area (Å²) in [5.74, 6) is -0.651. The van der Waals surface area contributed by atoms with Crippen LogP contribution in [0.15, 0.2) is 16.5 Å². The third-order valence-electron chi connectivity index (χ3n) is 3.41. The molecule has 0 bridgehead atoms. The van der Waals surface area contributed by atoms with Crippen molar-refractivity contribution >= 4 is 83.7 Å². The monoisotopic (exact) mass is 644 g/mol. The van der Waals surface area contributed by atoms with Gasteiger partial charge in [-0.3, -0.25) is 0 Å². The molecule has 1 aromatic carbocycles. The van der Waals surface area contributed by atoms with Crippen LogP contribution >= 0.6 is 67.8 Å². The van der Waals surface area contributed by atoms with Gasteiger partial charge in [-0.2, -0.15) is 4.40 Å². The van der Waals surface area contributed by atoms with Crippen molar-refractivity contribution in [1.82, 2.24) is 0 Å². The minimum absolute atomic E-state index is 0.367. The van der Waals surface area contributed by atoms with Gasteiger partial charge < -0.3 is 5.11 Å². The smallest absolute Gasteiger partial charge is 0.255 e. The van der Waals surface area contributed by atoms with Crippen LogP contribution in [-0.4, -0.2) is 19.6 Å². The fraction of sp³-hybridized carbons (Fsp3) is 0.462. The van der Waals surface area contributed by atoms with Gasteiger partial charge >= 0.3 is 0 Å². The third kappa shape index (κ3) is 4.66. The Bertz CT molecular complexity index is 667. The molecule has 1 aliphatic rings. The van der Waals surface area contributed by atoms with Crippen molar-refractivity contribution < 1.29 is 13.5 Å². The number of hydrogen-bond acceptors (Lipinski definition) is 3. The lowest BCUT2D eigenvalue weighted by atomic mass is 10.0. The largest absolute Gasteiger partial charge is 0.858 e. The molecule has 0 unspecified atom stereocenters. The molecule has 0 saturated heterocycles. The van der Waals surface area contributed by atoms with Gasteiger partial charge in [0.1, 0.15) is 0 Å². The summed E-state index contributed by atoms with van der Waals surface area (Å²) in [5.41, 5.74) is 0.367. The zero-order chi connectivity index (χ0) is 15.6. The van der Waals surface area contributed by atoms with Crippen LogP contribution in [-0.2, 0) is 10.0 Å². The van der Waals surface area contributed by atoms with Gasteiger partial charge in [0.2, 0.25) is 0 Å². The molecule has 0 heterocycles. The Hall–Kier alpha value is 0.830. The Morgan fingerprint density at radius 3 is 2.38 bits per heavy atom. The zero-order valence-corrected chi connectivity index (χ0v) is 18.3. The summed E-state index contributed by atoms with van der Waals surface area (Å²) in [6.45, 7) is 0. The number of nitrogens with zero attached hydrogens (tertiary/aromatic N) is 1. The highest BCUT2D eigenvalue weighted by Gasteiger charge is 2.26. The van der Waals surface area contributed by atoms with Crippen molar-refractivity contribution in [2.45, 2.75) is 37.4 Å². The van der Waals surface area contributed by atoms with E-state index in [0.717, 1.165) is 30.0 Å². The van der Waals surface area contributed by atoms with E-state index in [-0.39, 0.29) is 0 Å². The van der Waals surface area contributed by atoms with Crippen LogP contribution in [0.1, 0.15) is 37.7 Å². The van der Waals surface area contributed by atoms with Crippen LogP contribution in [0.25, 0.3) is 0 Å². The maximum Gasteiger partial charge on any atom is 0.255 e. The lowest BCUT2D eigenvalue weighted by Gasteiger charge is -2.21. The van der Waals surface area contributed by atoms with Crippen molar-refractivity contribution in [2.75, 3.05) is 0 Å². The first kappa shape index (κ1) is 18.2. The van der Waals surface area contributed by atoms with Gasteiger partial charge in [0, 0.05) is 22.2 Å². The molecule has 1 fully saturated rings. The molecule has 0 N–H and O–H groups in total. The Balaban J connectivity index is 2.36. The van der Waals surface area contributed by atoms with E-state index < -0.39 is 21.2 Å². The first-order chi connectivity index (χ1) is 9.81. The molecular weight excluding hydrogens is 631 g/mol. The van der Waals surface area contributed by atoms with Crippen molar-refractivity contribution in [1.29, 1.82) is 0 Å². The lowest BCUT2D eigenvalue weighted by Crippen LogP contribution is -2.28. The molecule has 1 aromatic rings. The van der Waals surface area contributed by atoms with Crippen molar-refractivity contribution in [3.8, 4) is 0 Å². The Morgan fingerprint density at radius 1 is 1.14 bits per heavy atom. The van der Waals surface area contributed by atoms with E-state index >= 15 is 0 Å². The van der Waals surface area contributed by atoms with Crippen molar-refractivity contribution in [3.05, 3.63) is 28.4 Å². The number of sulfonamides is 1. The molecule has 0 aromatic heterocycles. The molecule has 1 saturated carbocycles. The summed E-state index contributed by atoms with van der Waals surface area (Å²) in [6, 6.07) is 3.63. The van der Waals surface area contributed by atoms with E-state index in [1.165, 1.54) is 0 Å². The number of hydrogen-bond donors (Lipinski definition) is 0. The number of halogens is 3. The second kappa shape index (κ2) is 7.60. The fourth-order valence-electron chi connectivity index (χ4n) is 2.31. The minimum atomic E-state index is -3.71. The molecule has 8 heteroatoms. The van der Waals surface area contributed by atoms with Gasteiger partial charge in [-0.15, -0.1) is 0 Å². The van der Waals surface area contributed by atoms with Gasteiger partial charge in [0.25, 0.3) is 10.0 Å². The van der Waals surface area contributed by atoms with E-state index in [4.69, 9.17) is 0 Å². The van der Waals surface area contributed by atoms with Gasteiger partial charge in [0.15, 0.2) is 0 Å². The van der Waals surface area contributed by atoms with Crippen LogP contribution < -0.4 is 5.11 Å². The first-order valence-electron chi connectivity index (χ1n) is 6.47. The average molecular weight is 644 g/mol. The number of rotatable bonds is 3. The normalized spacial score (nSPS) is 18.0. The highest BCUT2D eigenvalue weighted by atomic mass is 127. The molecule has 1 aliphatic carbocycles. The third-order valence-corrected chi connectivity index (χ3v) is 8.81. The number of benzene rings is 1. The van der Waals surface area contributed by atoms with E-state index in [1.54, 1.807) is 6.07 Å². The molecule has 0 aliphatic heterocycles. The Kier molecular flexibility index (Phi) is 6.58. The van der Waals surface area contributed by atoms with Crippen molar-refractivity contribution in [2.24, 2.45) is 4.40 Å². The highest BCUT2D eigenvalue weighted by Crippen LogP contribution is 2.26. The summed E-state index contributed by atoms with van der Waals surface area (Å²) in [7, 11) is -3.71. The molecule has 0 spiro atoms. The molecule has 21 heavy (non-hydrogen) atoms. The summed E-state index contributed by atoms with van der Waals surface area (Å²) >= 11 is 6.30. The minimum Gasteiger partial charge on any atom is -0.858 e.